The molecule has 2 heterocycles. The molecular formula is C44H30N4. The molecule has 0 fully saturated rings. The van der Waals surface area contributed by atoms with Crippen molar-refractivity contribution in [2.75, 3.05) is 0 Å². The van der Waals surface area contributed by atoms with E-state index in [0.29, 0.717) is 17.5 Å². The van der Waals surface area contributed by atoms with Crippen molar-refractivity contribution in [3.63, 3.8) is 0 Å². The van der Waals surface area contributed by atoms with Gasteiger partial charge in [-0.25, -0.2) is 15.0 Å². The van der Waals surface area contributed by atoms with Gasteiger partial charge in [-0.1, -0.05) is 133 Å². The molecule has 0 aliphatic rings. The van der Waals surface area contributed by atoms with Crippen molar-refractivity contribution in [2.24, 2.45) is 0 Å². The Morgan fingerprint density at radius 1 is 0.417 bits per heavy atom. The van der Waals surface area contributed by atoms with Gasteiger partial charge < -0.3 is 4.57 Å². The quantitative estimate of drug-likeness (QED) is 0.194. The van der Waals surface area contributed by atoms with E-state index >= 15 is 0 Å². The van der Waals surface area contributed by atoms with Crippen LogP contribution in [0, 0.1) is 6.92 Å². The highest BCUT2D eigenvalue weighted by molar-refractivity contribution is 6.17. The Bertz CT molecular complexity index is 2620. The minimum Gasteiger partial charge on any atom is -0.309 e. The van der Waals surface area contributed by atoms with Gasteiger partial charge in [-0.05, 0) is 64.7 Å². The normalized spacial score (nSPS) is 11.4. The molecule has 9 rings (SSSR count). The SMILES string of the molecule is Cc1cccc2c1c1c(-c3cccc(-c4nc(-c5ccccc5)nc(-c5cccc6ccccc56)n4)c3)cccc1n2-c1ccccc1. The van der Waals surface area contributed by atoms with Crippen LogP contribution < -0.4 is 0 Å². The fraction of sp³-hybridized carbons (Fsp3) is 0.0227. The van der Waals surface area contributed by atoms with Crippen LogP contribution in [0.1, 0.15) is 5.56 Å². The number of aryl methyl sites for hydroxylation is 1. The molecule has 0 spiro atoms. The first kappa shape index (κ1) is 27.9. The van der Waals surface area contributed by atoms with Gasteiger partial charge in [0, 0.05) is 33.2 Å². The number of fused-ring (bicyclic) bond motifs is 4. The number of rotatable bonds is 5. The maximum Gasteiger partial charge on any atom is 0.164 e. The first-order chi connectivity index (χ1) is 23.7. The van der Waals surface area contributed by atoms with Crippen LogP contribution >= 0.6 is 0 Å². The van der Waals surface area contributed by atoms with E-state index in [1.807, 2.05) is 30.3 Å². The zero-order chi connectivity index (χ0) is 32.0. The summed E-state index contributed by atoms with van der Waals surface area (Å²) < 4.78 is 2.37. The maximum absolute atomic E-state index is 5.13. The Morgan fingerprint density at radius 2 is 0.979 bits per heavy atom. The highest BCUT2D eigenvalue weighted by Crippen LogP contribution is 2.40. The van der Waals surface area contributed by atoms with Crippen LogP contribution in [0.15, 0.2) is 164 Å². The smallest absolute Gasteiger partial charge is 0.164 e. The van der Waals surface area contributed by atoms with Crippen molar-refractivity contribution in [1.29, 1.82) is 0 Å². The van der Waals surface area contributed by atoms with Gasteiger partial charge in [0.05, 0.1) is 11.0 Å². The van der Waals surface area contributed by atoms with Gasteiger partial charge >= 0.3 is 0 Å². The highest BCUT2D eigenvalue weighted by atomic mass is 15.0. The number of benzene rings is 7. The topological polar surface area (TPSA) is 43.6 Å². The molecule has 0 amide bonds. The second-order valence-corrected chi connectivity index (χ2v) is 12.1. The van der Waals surface area contributed by atoms with Crippen molar-refractivity contribution in [2.45, 2.75) is 6.92 Å². The third kappa shape index (κ3) is 4.66. The van der Waals surface area contributed by atoms with Crippen molar-refractivity contribution >= 4 is 32.6 Å². The van der Waals surface area contributed by atoms with Crippen molar-refractivity contribution < 1.29 is 0 Å². The van der Waals surface area contributed by atoms with Crippen LogP contribution in [0.5, 0.6) is 0 Å². The standard InChI is InChI=1S/C44H30N4/c1-29-14-10-26-38-40(29)41-36(24-13-27-39(41)48(38)34-21-6-3-7-22-34)32-19-11-20-33(28-32)43-45-42(31-16-4-2-5-17-31)46-44(47-43)37-25-12-18-30-15-8-9-23-35(30)37/h2-28H,1H3. The lowest BCUT2D eigenvalue weighted by Crippen LogP contribution is -2.00. The summed E-state index contributed by atoms with van der Waals surface area (Å²) in [6.07, 6.45) is 0. The predicted molar refractivity (Wildman–Crippen MR) is 198 cm³/mol. The molecule has 0 unspecified atom stereocenters. The van der Waals surface area contributed by atoms with E-state index in [-0.39, 0.29) is 0 Å². The third-order valence-electron chi connectivity index (χ3n) is 9.17. The first-order valence-corrected chi connectivity index (χ1v) is 16.2. The molecule has 0 atom stereocenters. The maximum atomic E-state index is 5.13. The molecule has 0 N–H and O–H groups in total. The van der Waals surface area contributed by atoms with Gasteiger partial charge in [0.15, 0.2) is 17.5 Å². The summed E-state index contributed by atoms with van der Waals surface area (Å²) in [6, 6.07) is 57.2. The molecule has 0 saturated carbocycles. The Morgan fingerprint density at radius 3 is 1.81 bits per heavy atom. The minimum atomic E-state index is 0.642. The number of para-hydroxylation sites is 1. The summed E-state index contributed by atoms with van der Waals surface area (Å²) in [5.41, 5.74) is 9.94. The molecule has 0 aliphatic carbocycles. The minimum absolute atomic E-state index is 0.642. The van der Waals surface area contributed by atoms with E-state index < -0.39 is 0 Å². The van der Waals surface area contributed by atoms with Crippen LogP contribution in [0.25, 0.3) is 83.6 Å². The summed E-state index contributed by atoms with van der Waals surface area (Å²) in [7, 11) is 0. The van der Waals surface area contributed by atoms with Crippen LogP contribution in [0.3, 0.4) is 0 Å². The van der Waals surface area contributed by atoms with Crippen LogP contribution in [0.2, 0.25) is 0 Å². The summed E-state index contributed by atoms with van der Waals surface area (Å²) in [5.74, 6) is 1.95. The van der Waals surface area contributed by atoms with Crippen molar-refractivity contribution in [3.8, 4) is 51.0 Å². The van der Waals surface area contributed by atoms with E-state index in [0.717, 1.165) is 38.7 Å². The number of hydrogen-bond acceptors (Lipinski definition) is 3. The van der Waals surface area contributed by atoms with Gasteiger partial charge in [0.25, 0.3) is 0 Å². The molecule has 2 aromatic heterocycles. The molecule has 0 aliphatic heterocycles. The van der Waals surface area contributed by atoms with E-state index in [2.05, 4.69) is 145 Å². The predicted octanol–water partition coefficient (Wildman–Crippen LogP) is 11.1. The molecule has 7 aromatic carbocycles. The van der Waals surface area contributed by atoms with Gasteiger partial charge in [0.1, 0.15) is 0 Å². The van der Waals surface area contributed by atoms with Crippen molar-refractivity contribution in [1.82, 2.24) is 19.5 Å². The Labute approximate surface area is 278 Å². The van der Waals surface area contributed by atoms with Crippen molar-refractivity contribution in [3.05, 3.63) is 169 Å². The van der Waals surface area contributed by atoms with Crippen LogP contribution in [-0.4, -0.2) is 19.5 Å². The van der Waals surface area contributed by atoms with Gasteiger partial charge in [-0.3, -0.25) is 0 Å². The van der Waals surface area contributed by atoms with E-state index in [9.17, 15) is 0 Å². The largest absolute Gasteiger partial charge is 0.309 e. The lowest BCUT2D eigenvalue weighted by molar-refractivity contribution is 1.08. The Hall–Kier alpha value is -6.39. The summed E-state index contributed by atoms with van der Waals surface area (Å²) in [5, 5.41) is 4.77. The summed E-state index contributed by atoms with van der Waals surface area (Å²) >= 11 is 0. The first-order valence-electron chi connectivity index (χ1n) is 16.2. The number of hydrogen-bond donors (Lipinski definition) is 0. The number of nitrogens with zero attached hydrogens (tertiary/aromatic N) is 4. The number of aromatic nitrogens is 4. The second kappa shape index (κ2) is 11.4. The average molecular weight is 615 g/mol. The molecule has 48 heavy (non-hydrogen) atoms. The fourth-order valence-electron chi connectivity index (χ4n) is 6.97. The van der Waals surface area contributed by atoms with E-state index in [4.69, 9.17) is 15.0 Å². The summed E-state index contributed by atoms with van der Waals surface area (Å²) in [6.45, 7) is 2.20. The lowest BCUT2D eigenvalue weighted by Gasteiger charge is -2.12. The van der Waals surface area contributed by atoms with Crippen LogP contribution in [-0.2, 0) is 0 Å². The Kier molecular flexibility index (Phi) is 6.65. The molecule has 4 nitrogen and oxygen atoms in total. The zero-order valence-electron chi connectivity index (χ0n) is 26.4. The van der Waals surface area contributed by atoms with Gasteiger partial charge in [-0.15, -0.1) is 0 Å². The molecule has 0 radical (unpaired) electrons. The van der Waals surface area contributed by atoms with E-state index in [1.165, 1.54) is 32.9 Å². The monoisotopic (exact) mass is 614 g/mol. The summed E-state index contributed by atoms with van der Waals surface area (Å²) in [4.78, 5) is 15.2. The second-order valence-electron chi connectivity index (χ2n) is 12.1. The van der Waals surface area contributed by atoms with Gasteiger partial charge in [0.2, 0.25) is 0 Å². The van der Waals surface area contributed by atoms with E-state index in [1.54, 1.807) is 0 Å². The fourth-order valence-corrected chi connectivity index (χ4v) is 6.97. The molecular weight excluding hydrogens is 585 g/mol. The molecule has 0 bridgehead atoms. The Balaban J connectivity index is 1.26. The third-order valence-corrected chi connectivity index (χ3v) is 9.17. The molecule has 226 valence electrons. The zero-order valence-corrected chi connectivity index (χ0v) is 26.4. The highest BCUT2D eigenvalue weighted by Gasteiger charge is 2.19. The molecule has 0 saturated heterocycles. The lowest BCUT2D eigenvalue weighted by atomic mass is 9.96. The molecule has 9 aromatic rings. The van der Waals surface area contributed by atoms with Gasteiger partial charge in [-0.2, -0.15) is 0 Å². The van der Waals surface area contributed by atoms with Crippen LogP contribution in [0.4, 0.5) is 0 Å². The average Bonchev–Trinajstić information content (AvgIpc) is 3.51. The molecule has 4 heteroatoms.